The van der Waals surface area contributed by atoms with Crippen molar-refractivity contribution >= 4 is 32.7 Å². The summed E-state index contributed by atoms with van der Waals surface area (Å²) in [5, 5.41) is 0.751. The minimum Gasteiger partial charge on any atom is -0.493 e. The van der Waals surface area contributed by atoms with Gasteiger partial charge in [0, 0.05) is 5.39 Å². The van der Waals surface area contributed by atoms with E-state index < -0.39 is 5.63 Å². The summed E-state index contributed by atoms with van der Waals surface area (Å²) in [6.45, 7) is 0. The van der Waals surface area contributed by atoms with Crippen LogP contribution in [0.15, 0.2) is 33.5 Å². The Kier molecular flexibility index (Phi) is 3.28. The molecule has 1 aromatic heterocycles. The summed E-state index contributed by atoms with van der Waals surface area (Å²) in [5.74, 6) is 0.168. The van der Waals surface area contributed by atoms with Crippen molar-refractivity contribution in [1.29, 1.82) is 0 Å². The summed E-state index contributed by atoms with van der Waals surface area (Å²) in [6.07, 6.45) is 0. The third kappa shape index (κ3) is 2.10. The predicted molar refractivity (Wildman–Crippen MR) is 67.2 cm³/mol. The number of methoxy groups -OCH3 is 1. The van der Waals surface area contributed by atoms with Crippen molar-refractivity contribution in [3.05, 3.63) is 40.2 Å². The molecule has 5 heteroatoms. The number of rotatable bonds is 3. The van der Waals surface area contributed by atoms with Crippen molar-refractivity contribution in [2.45, 2.75) is 0 Å². The molecule has 0 atom stereocenters. The number of fused-ring (bicyclic) bond motifs is 1. The molecule has 0 aliphatic heterocycles. The fourth-order valence-electron chi connectivity index (χ4n) is 1.54. The third-order valence-corrected chi connectivity index (χ3v) is 2.87. The van der Waals surface area contributed by atoms with Gasteiger partial charge in [0.1, 0.15) is 5.56 Å². The predicted octanol–water partition coefficient (Wildman–Crippen LogP) is 2.38. The van der Waals surface area contributed by atoms with Crippen LogP contribution < -0.4 is 10.4 Å². The molecule has 0 aliphatic rings. The number of carbonyl (C=O) groups excluding carboxylic acids is 1. The van der Waals surface area contributed by atoms with Gasteiger partial charge in [-0.15, -0.1) is 0 Å². The van der Waals surface area contributed by atoms with E-state index in [1.54, 1.807) is 18.2 Å². The molecule has 0 bridgehead atoms. The minimum atomic E-state index is -0.647. The van der Waals surface area contributed by atoms with Crippen molar-refractivity contribution in [2.24, 2.45) is 0 Å². The Hall–Kier alpha value is -1.62. The van der Waals surface area contributed by atoms with Gasteiger partial charge in [0.25, 0.3) is 0 Å². The lowest BCUT2D eigenvalue weighted by Gasteiger charge is -2.04. The molecule has 0 N–H and O–H groups in total. The van der Waals surface area contributed by atoms with Gasteiger partial charge < -0.3 is 9.15 Å². The molecule has 0 amide bonds. The summed E-state index contributed by atoms with van der Waals surface area (Å²) in [4.78, 5) is 23.1. The van der Waals surface area contributed by atoms with Gasteiger partial charge in [0.05, 0.1) is 12.4 Å². The zero-order valence-corrected chi connectivity index (χ0v) is 10.6. The number of carbonyl (C=O) groups is 1. The molecule has 1 aromatic carbocycles. The number of benzene rings is 1. The van der Waals surface area contributed by atoms with Gasteiger partial charge in [0.15, 0.2) is 17.1 Å². The largest absolute Gasteiger partial charge is 0.493 e. The monoisotopic (exact) mass is 296 g/mol. The number of para-hydroxylation sites is 1. The van der Waals surface area contributed by atoms with Crippen LogP contribution in [0.25, 0.3) is 11.0 Å². The van der Waals surface area contributed by atoms with Crippen LogP contribution in [0.2, 0.25) is 0 Å². The number of halogens is 1. The van der Waals surface area contributed by atoms with Gasteiger partial charge in [0.2, 0.25) is 0 Å². The average Bonchev–Trinajstić information content (AvgIpc) is 2.36. The Morgan fingerprint density at radius 3 is 2.88 bits per heavy atom. The summed E-state index contributed by atoms with van der Waals surface area (Å²) < 4.78 is 10.2. The number of hydrogen-bond acceptors (Lipinski definition) is 4. The van der Waals surface area contributed by atoms with Gasteiger partial charge in [-0.05, 0) is 12.1 Å². The maximum absolute atomic E-state index is 11.6. The molecular weight excluding hydrogens is 288 g/mol. The molecule has 17 heavy (non-hydrogen) atoms. The zero-order valence-electron chi connectivity index (χ0n) is 9.03. The molecule has 0 saturated carbocycles. The lowest BCUT2D eigenvalue weighted by molar-refractivity contribution is 0.102. The zero-order chi connectivity index (χ0) is 12.4. The number of ketones is 1. The van der Waals surface area contributed by atoms with E-state index >= 15 is 0 Å². The summed E-state index contributed by atoms with van der Waals surface area (Å²) in [6, 6.07) is 6.74. The SMILES string of the molecule is COc1cccc2cc(C(=O)CBr)c(=O)oc12. The number of hydrogen-bond donors (Lipinski definition) is 0. The normalized spacial score (nSPS) is 10.5. The van der Waals surface area contributed by atoms with Crippen LogP contribution in [0.3, 0.4) is 0 Å². The van der Waals surface area contributed by atoms with Gasteiger partial charge >= 0.3 is 5.63 Å². The number of alkyl halides is 1. The maximum atomic E-state index is 11.6. The summed E-state index contributed by atoms with van der Waals surface area (Å²) >= 11 is 3.02. The van der Waals surface area contributed by atoms with Crippen molar-refractivity contribution < 1.29 is 13.9 Å². The quantitative estimate of drug-likeness (QED) is 0.496. The second kappa shape index (κ2) is 4.71. The molecule has 0 aliphatic carbocycles. The average molecular weight is 297 g/mol. The van der Waals surface area contributed by atoms with E-state index in [0.29, 0.717) is 16.7 Å². The van der Waals surface area contributed by atoms with Crippen molar-refractivity contribution in [3.63, 3.8) is 0 Å². The van der Waals surface area contributed by atoms with E-state index in [0.717, 1.165) is 0 Å². The molecule has 0 unspecified atom stereocenters. The Morgan fingerprint density at radius 1 is 1.47 bits per heavy atom. The fraction of sp³-hybridized carbons (Fsp3) is 0.167. The van der Waals surface area contributed by atoms with Crippen LogP contribution in [-0.4, -0.2) is 18.2 Å². The highest BCUT2D eigenvalue weighted by Gasteiger charge is 2.14. The first kappa shape index (κ1) is 11.9. The molecule has 2 aromatic rings. The van der Waals surface area contributed by atoms with E-state index in [4.69, 9.17) is 9.15 Å². The van der Waals surface area contributed by atoms with E-state index in [1.807, 2.05) is 0 Å². The topological polar surface area (TPSA) is 56.5 Å². The standard InChI is InChI=1S/C12H9BrO4/c1-16-10-4-2-3-7-5-8(9(14)6-13)12(15)17-11(7)10/h2-5H,6H2,1H3. The Balaban J connectivity index is 2.75. The van der Waals surface area contributed by atoms with Crippen LogP contribution in [0, 0.1) is 0 Å². The van der Waals surface area contributed by atoms with Crippen molar-refractivity contribution in [1.82, 2.24) is 0 Å². The first-order valence-electron chi connectivity index (χ1n) is 4.87. The summed E-state index contributed by atoms with van der Waals surface area (Å²) in [5.41, 5.74) is -0.250. The first-order chi connectivity index (χ1) is 8.17. The van der Waals surface area contributed by atoms with Crippen LogP contribution in [-0.2, 0) is 0 Å². The fourth-order valence-corrected chi connectivity index (χ4v) is 1.85. The minimum absolute atomic E-state index is 0.0441. The molecule has 2 rings (SSSR count). The van der Waals surface area contributed by atoms with E-state index in [1.165, 1.54) is 13.2 Å². The molecule has 0 radical (unpaired) electrons. The van der Waals surface area contributed by atoms with Crippen LogP contribution in [0.4, 0.5) is 0 Å². The van der Waals surface area contributed by atoms with Crippen molar-refractivity contribution in [2.75, 3.05) is 12.4 Å². The second-order valence-electron chi connectivity index (χ2n) is 3.38. The van der Waals surface area contributed by atoms with Gasteiger partial charge in [-0.1, -0.05) is 28.1 Å². The molecule has 0 spiro atoms. The summed E-state index contributed by atoms with van der Waals surface area (Å²) in [7, 11) is 1.49. The number of Topliss-reactive ketones (excluding diaryl/α,β-unsaturated/α-hetero) is 1. The third-order valence-electron chi connectivity index (χ3n) is 2.37. The Labute approximate surface area is 105 Å². The molecule has 0 fully saturated rings. The lowest BCUT2D eigenvalue weighted by atomic mass is 10.1. The second-order valence-corrected chi connectivity index (χ2v) is 3.94. The van der Waals surface area contributed by atoms with E-state index in [2.05, 4.69) is 15.9 Å². The lowest BCUT2D eigenvalue weighted by Crippen LogP contribution is -2.14. The molecule has 88 valence electrons. The van der Waals surface area contributed by atoms with Gasteiger partial charge in [-0.3, -0.25) is 4.79 Å². The van der Waals surface area contributed by atoms with Crippen LogP contribution in [0.1, 0.15) is 10.4 Å². The Morgan fingerprint density at radius 2 is 2.24 bits per heavy atom. The van der Waals surface area contributed by atoms with Gasteiger partial charge in [-0.25, -0.2) is 4.79 Å². The van der Waals surface area contributed by atoms with Crippen LogP contribution >= 0.6 is 15.9 Å². The highest BCUT2D eigenvalue weighted by molar-refractivity contribution is 9.09. The molecular formula is C12H9BrO4. The van der Waals surface area contributed by atoms with E-state index in [-0.39, 0.29) is 16.7 Å². The first-order valence-corrected chi connectivity index (χ1v) is 5.99. The molecule has 1 heterocycles. The van der Waals surface area contributed by atoms with Gasteiger partial charge in [-0.2, -0.15) is 0 Å². The van der Waals surface area contributed by atoms with Crippen LogP contribution in [0.5, 0.6) is 5.75 Å². The smallest absolute Gasteiger partial charge is 0.347 e. The number of ether oxygens (including phenoxy) is 1. The maximum Gasteiger partial charge on any atom is 0.347 e. The van der Waals surface area contributed by atoms with Crippen molar-refractivity contribution in [3.8, 4) is 5.75 Å². The molecule has 4 nitrogen and oxygen atoms in total. The molecule has 0 saturated heterocycles. The highest BCUT2D eigenvalue weighted by Crippen LogP contribution is 2.24. The Bertz CT molecular complexity index is 630. The highest BCUT2D eigenvalue weighted by atomic mass is 79.9. The van der Waals surface area contributed by atoms with E-state index in [9.17, 15) is 9.59 Å².